The Balaban J connectivity index is 1.59. The van der Waals surface area contributed by atoms with E-state index in [1.807, 2.05) is 4.90 Å². The average molecular weight is 321 g/mol. The fourth-order valence-electron chi connectivity index (χ4n) is 3.98. The molecule has 2 saturated heterocycles. The number of hydrogen-bond acceptors (Lipinski definition) is 4. The van der Waals surface area contributed by atoms with Crippen molar-refractivity contribution in [1.29, 1.82) is 0 Å². The SMILES string of the molecule is CN1CCC(C2CCN(c3ccc([N+](=O)[O-])cc3F)CC2)CC1. The summed E-state index contributed by atoms with van der Waals surface area (Å²) in [4.78, 5) is 14.6. The maximum absolute atomic E-state index is 14.1. The van der Waals surface area contributed by atoms with Gasteiger partial charge in [0.1, 0.15) is 0 Å². The van der Waals surface area contributed by atoms with Gasteiger partial charge in [-0.1, -0.05) is 0 Å². The van der Waals surface area contributed by atoms with Crippen molar-refractivity contribution >= 4 is 11.4 Å². The molecule has 0 N–H and O–H groups in total. The van der Waals surface area contributed by atoms with Crippen molar-refractivity contribution in [2.45, 2.75) is 25.7 Å². The summed E-state index contributed by atoms with van der Waals surface area (Å²) in [6.07, 6.45) is 4.72. The van der Waals surface area contributed by atoms with Crippen LogP contribution < -0.4 is 4.90 Å². The molecule has 0 aliphatic carbocycles. The third-order valence-electron chi connectivity index (χ3n) is 5.45. The summed E-state index contributed by atoms with van der Waals surface area (Å²) in [5.74, 6) is 1.05. The van der Waals surface area contributed by atoms with Crippen LogP contribution in [-0.2, 0) is 0 Å². The molecule has 2 heterocycles. The average Bonchev–Trinajstić information content (AvgIpc) is 2.56. The topological polar surface area (TPSA) is 49.6 Å². The zero-order valence-electron chi connectivity index (χ0n) is 13.6. The summed E-state index contributed by atoms with van der Waals surface area (Å²) in [6.45, 7) is 4.04. The smallest absolute Gasteiger partial charge is 0.272 e. The van der Waals surface area contributed by atoms with E-state index in [-0.39, 0.29) is 5.69 Å². The van der Waals surface area contributed by atoms with E-state index >= 15 is 0 Å². The fraction of sp³-hybridized carbons (Fsp3) is 0.647. The predicted octanol–water partition coefficient (Wildman–Crippen LogP) is 3.29. The third kappa shape index (κ3) is 3.63. The first-order chi connectivity index (χ1) is 11.0. The van der Waals surface area contributed by atoms with Crippen LogP contribution in [0.1, 0.15) is 25.7 Å². The van der Waals surface area contributed by atoms with E-state index in [0.29, 0.717) is 5.69 Å². The number of nitrogens with zero attached hydrogens (tertiary/aromatic N) is 3. The quantitative estimate of drug-likeness (QED) is 0.633. The Morgan fingerprint density at radius 3 is 2.17 bits per heavy atom. The molecule has 3 rings (SSSR count). The Hall–Kier alpha value is -1.69. The normalized spacial score (nSPS) is 21.6. The van der Waals surface area contributed by atoms with Gasteiger partial charge < -0.3 is 9.80 Å². The van der Waals surface area contributed by atoms with Gasteiger partial charge in [-0.25, -0.2) is 4.39 Å². The molecule has 0 aromatic heterocycles. The fourth-order valence-corrected chi connectivity index (χ4v) is 3.98. The largest absolute Gasteiger partial charge is 0.369 e. The Morgan fingerprint density at radius 2 is 1.65 bits per heavy atom. The van der Waals surface area contributed by atoms with Crippen LogP contribution >= 0.6 is 0 Å². The van der Waals surface area contributed by atoms with E-state index in [2.05, 4.69) is 11.9 Å². The number of halogens is 1. The maximum atomic E-state index is 14.1. The number of nitro groups is 1. The van der Waals surface area contributed by atoms with Crippen LogP contribution in [0, 0.1) is 27.8 Å². The summed E-state index contributed by atoms with van der Waals surface area (Å²) < 4.78 is 14.1. The Labute approximate surface area is 136 Å². The molecule has 0 spiro atoms. The predicted molar refractivity (Wildman–Crippen MR) is 88.2 cm³/mol. The second-order valence-electron chi connectivity index (χ2n) is 6.86. The first-order valence-corrected chi connectivity index (χ1v) is 8.42. The van der Waals surface area contributed by atoms with Gasteiger partial charge in [-0.15, -0.1) is 0 Å². The summed E-state index contributed by atoms with van der Waals surface area (Å²) in [7, 11) is 2.18. The van der Waals surface area contributed by atoms with Gasteiger partial charge in [0.15, 0.2) is 5.82 Å². The number of likely N-dealkylation sites (tertiary alicyclic amines) is 1. The minimum atomic E-state index is -0.556. The van der Waals surface area contributed by atoms with Crippen molar-refractivity contribution in [2.24, 2.45) is 11.8 Å². The summed E-state index contributed by atoms with van der Waals surface area (Å²) in [6, 6.07) is 3.96. The summed E-state index contributed by atoms with van der Waals surface area (Å²) in [5.41, 5.74) is 0.310. The molecule has 0 unspecified atom stereocenters. The molecule has 2 aliphatic heterocycles. The van der Waals surface area contributed by atoms with E-state index in [4.69, 9.17) is 0 Å². The van der Waals surface area contributed by atoms with Gasteiger partial charge in [-0.3, -0.25) is 10.1 Å². The van der Waals surface area contributed by atoms with Gasteiger partial charge in [0, 0.05) is 19.2 Å². The summed E-state index contributed by atoms with van der Waals surface area (Å²) in [5, 5.41) is 10.7. The van der Waals surface area contributed by atoms with Gasteiger partial charge in [-0.2, -0.15) is 0 Å². The lowest BCUT2D eigenvalue weighted by atomic mass is 9.79. The molecule has 6 heteroatoms. The standard InChI is InChI=1S/C17H24FN3O2/c1-19-8-4-13(5-9-19)14-6-10-20(11-7-14)17-3-2-15(21(22)23)12-16(17)18/h2-3,12-14H,4-11H2,1H3. The molecule has 2 aliphatic rings. The lowest BCUT2D eigenvalue weighted by Crippen LogP contribution is -2.40. The van der Waals surface area contributed by atoms with Crippen LogP contribution in [-0.4, -0.2) is 43.0 Å². The molecule has 0 radical (unpaired) electrons. The monoisotopic (exact) mass is 321 g/mol. The molecule has 0 atom stereocenters. The highest BCUT2D eigenvalue weighted by Crippen LogP contribution is 2.34. The van der Waals surface area contributed by atoms with Crippen molar-refractivity contribution in [2.75, 3.05) is 38.1 Å². The highest BCUT2D eigenvalue weighted by molar-refractivity contribution is 5.52. The van der Waals surface area contributed by atoms with Crippen molar-refractivity contribution in [1.82, 2.24) is 4.90 Å². The number of non-ortho nitro benzene ring substituents is 1. The minimum Gasteiger partial charge on any atom is -0.369 e. The van der Waals surface area contributed by atoms with Crippen LogP contribution in [0.4, 0.5) is 15.8 Å². The van der Waals surface area contributed by atoms with E-state index in [1.54, 1.807) is 6.07 Å². The molecule has 5 nitrogen and oxygen atoms in total. The Bertz CT molecular complexity index is 565. The molecule has 1 aromatic carbocycles. The Kier molecular flexibility index (Phi) is 4.80. The van der Waals surface area contributed by atoms with Gasteiger partial charge in [0.2, 0.25) is 0 Å². The number of nitro benzene ring substituents is 1. The maximum Gasteiger partial charge on any atom is 0.272 e. The van der Waals surface area contributed by atoms with Crippen LogP contribution in [0.3, 0.4) is 0 Å². The second-order valence-corrected chi connectivity index (χ2v) is 6.86. The minimum absolute atomic E-state index is 0.188. The third-order valence-corrected chi connectivity index (χ3v) is 5.45. The molecular weight excluding hydrogens is 297 g/mol. The van der Waals surface area contributed by atoms with Crippen LogP contribution in [0.25, 0.3) is 0 Å². The number of benzene rings is 1. The molecule has 0 saturated carbocycles. The van der Waals surface area contributed by atoms with E-state index < -0.39 is 10.7 Å². The number of rotatable bonds is 3. The van der Waals surface area contributed by atoms with Gasteiger partial charge in [0.25, 0.3) is 5.69 Å². The van der Waals surface area contributed by atoms with Crippen molar-refractivity contribution in [3.05, 3.63) is 34.1 Å². The molecule has 0 bridgehead atoms. The molecule has 23 heavy (non-hydrogen) atoms. The number of hydrogen-bond donors (Lipinski definition) is 0. The molecule has 0 amide bonds. The van der Waals surface area contributed by atoms with Crippen LogP contribution in [0.2, 0.25) is 0 Å². The highest BCUT2D eigenvalue weighted by atomic mass is 19.1. The number of piperidine rings is 2. The van der Waals surface area contributed by atoms with Crippen LogP contribution in [0.15, 0.2) is 18.2 Å². The van der Waals surface area contributed by atoms with E-state index in [9.17, 15) is 14.5 Å². The second kappa shape index (κ2) is 6.83. The molecule has 1 aromatic rings. The molecule has 2 fully saturated rings. The Morgan fingerprint density at radius 1 is 1.09 bits per heavy atom. The van der Waals surface area contributed by atoms with Gasteiger partial charge >= 0.3 is 0 Å². The lowest BCUT2D eigenvalue weighted by Gasteiger charge is -2.40. The molecule has 126 valence electrons. The first-order valence-electron chi connectivity index (χ1n) is 8.42. The van der Waals surface area contributed by atoms with Gasteiger partial charge in [-0.05, 0) is 63.7 Å². The zero-order chi connectivity index (χ0) is 16.4. The van der Waals surface area contributed by atoms with Crippen molar-refractivity contribution in [3.8, 4) is 0 Å². The summed E-state index contributed by atoms with van der Waals surface area (Å²) >= 11 is 0. The van der Waals surface area contributed by atoms with Crippen molar-refractivity contribution < 1.29 is 9.31 Å². The zero-order valence-corrected chi connectivity index (χ0v) is 13.6. The first kappa shape index (κ1) is 16.2. The van der Waals surface area contributed by atoms with E-state index in [0.717, 1.165) is 43.8 Å². The lowest BCUT2D eigenvalue weighted by molar-refractivity contribution is -0.385. The van der Waals surface area contributed by atoms with Crippen LogP contribution in [0.5, 0.6) is 0 Å². The van der Waals surface area contributed by atoms with Gasteiger partial charge in [0.05, 0.1) is 16.7 Å². The number of anilines is 1. The van der Waals surface area contributed by atoms with E-state index in [1.165, 1.54) is 32.0 Å². The molecular formula is C17H24FN3O2. The van der Waals surface area contributed by atoms with Crippen molar-refractivity contribution in [3.63, 3.8) is 0 Å². The highest BCUT2D eigenvalue weighted by Gasteiger charge is 2.29.